The summed E-state index contributed by atoms with van der Waals surface area (Å²) in [4.78, 5) is 11.8. The number of carbonyl (C=O) groups is 1. The number of rotatable bonds is 10. The van der Waals surface area contributed by atoms with Crippen LogP contribution < -0.4 is 10.1 Å². The molecule has 2 rings (SSSR count). The number of aromatic nitrogens is 1. The van der Waals surface area contributed by atoms with Crippen LogP contribution in [0.15, 0.2) is 28.8 Å². The summed E-state index contributed by atoms with van der Waals surface area (Å²) >= 11 is 7.39. The summed E-state index contributed by atoms with van der Waals surface area (Å²) in [6.45, 7) is 5.09. The van der Waals surface area contributed by atoms with Gasteiger partial charge in [0.2, 0.25) is 5.91 Å². The van der Waals surface area contributed by atoms with Crippen molar-refractivity contribution in [1.29, 1.82) is 0 Å². The fraction of sp³-hybridized carbons (Fsp3) is 0.444. The minimum absolute atomic E-state index is 0.0513. The number of benzene rings is 1. The van der Waals surface area contributed by atoms with Crippen molar-refractivity contribution < 1.29 is 14.1 Å². The van der Waals surface area contributed by atoms with Crippen molar-refractivity contribution >= 4 is 29.3 Å². The van der Waals surface area contributed by atoms with E-state index in [-0.39, 0.29) is 5.91 Å². The highest BCUT2D eigenvalue weighted by Crippen LogP contribution is 2.19. The van der Waals surface area contributed by atoms with E-state index in [2.05, 4.69) is 10.5 Å². The summed E-state index contributed by atoms with van der Waals surface area (Å²) in [6.07, 6.45) is 1.77. The van der Waals surface area contributed by atoms with Crippen LogP contribution in [0, 0.1) is 13.8 Å². The molecule has 0 fully saturated rings. The second-order valence-corrected chi connectivity index (χ2v) is 7.08. The fourth-order valence-electron chi connectivity index (χ4n) is 2.18. The first-order valence-electron chi connectivity index (χ1n) is 8.21. The van der Waals surface area contributed by atoms with Crippen molar-refractivity contribution in [3.05, 3.63) is 46.3 Å². The third-order valence-corrected chi connectivity index (χ3v) is 4.85. The zero-order valence-corrected chi connectivity index (χ0v) is 16.1. The minimum atomic E-state index is 0.0513. The number of halogens is 1. The first-order chi connectivity index (χ1) is 12.1. The van der Waals surface area contributed by atoms with Crippen molar-refractivity contribution in [2.24, 2.45) is 0 Å². The summed E-state index contributed by atoms with van der Waals surface area (Å²) in [7, 11) is 0. The van der Waals surface area contributed by atoms with Crippen molar-refractivity contribution in [2.45, 2.75) is 32.4 Å². The molecule has 5 nitrogen and oxygen atoms in total. The molecule has 7 heteroatoms. The van der Waals surface area contributed by atoms with E-state index in [1.54, 1.807) is 23.9 Å². The number of ether oxygens (including phenoxy) is 1. The monoisotopic (exact) mass is 382 g/mol. The number of carbonyl (C=O) groups excluding carboxylic acids is 1. The molecule has 0 atom stereocenters. The van der Waals surface area contributed by atoms with Crippen LogP contribution in [0.2, 0.25) is 5.02 Å². The molecule has 0 spiro atoms. The van der Waals surface area contributed by atoms with Gasteiger partial charge in [-0.15, -0.1) is 11.8 Å². The fourth-order valence-corrected chi connectivity index (χ4v) is 3.31. The van der Waals surface area contributed by atoms with Crippen LogP contribution in [0.3, 0.4) is 0 Å². The van der Waals surface area contributed by atoms with Crippen LogP contribution in [0.5, 0.6) is 5.75 Å². The molecule has 1 aromatic heterocycles. The Morgan fingerprint density at radius 2 is 2.04 bits per heavy atom. The molecule has 2 aromatic rings. The largest absolute Gasteiger partial charge is 0.494 e. The Labute approximate surface area is 157 Å². The van der Waals surface area contributed by atoms with E-state index in [0.29, 0.717) is 23.9 Å². The summed E-state index contributed by atoms with van der Waals surface area (Å²) < 4.78 is 10.7. The molecular weight excluding hydrogens is 360 g/mol. The SMILES string of the molecule is Cc1noc(C)c1CSCC(=O)NCCCCOc1ccc(Cl)cc1. The lowest BCUT2D eigenvalue weighted by molar-refractivity contribution is -0.118. The summed E-state index contributed by atoms with van der Waals surface area (Å²) in [5.41, 5.74) is 1.98. The van der Waals surface area contributed by atoms with Gasteiger partial charge in [-0.1, -0.05) is 16.8 Å². The van der Waals surface area contributed by atoms with Gasteiger partial charge in [-0.2, -0.15) is 0 Å². The van der Waals surface area contributed by atoms with E-state index in [1.165, 1.54) is 0 Å². The zero-order chi connectivity index (χ0) is 18.1. The number of thioether (sulfide) groups is 1. The van der Waals surface area contributed by atoms with Gasteiger partial charge in [0, 0.05) is 22.9 Å². The lowest BCUT2D eigenvalue weighted by Gasteiger charge is -2.07. The minimum Gasteiger partial charge on any atom is -0.494 e. The maximum Gasteiger partial charge on any atom is 0.230 e. The maximum absolute atomic E-state index is 11.8. The quantitative estimate of drug-likeness (QED) is 0.625. The van der Waals surface area contributed by atoms with Crippen LogP contribution >= 0.6 is 23.4 Å². The lowest BCUT2D eigenvalue weighted by Crippen LogP contribution is -2.26. The number of nitrogens with one attached hydrogen (secondary N) is 1. The van der Waals surface area contributed by atoms with Crippen LogP contribution in [0.4, 0.5) is 0 Å². The molecule has 0 saturated heterocycles. The predicted molar refractivity (Wildman–Crippen MR) is 101 cm³/mol. The third kappa shape index (κ3) is 7.00. The highest BCUT2D eigenvalue weighted by molar-refractivity contribution is 7.99. The van der Waals surface area contributed by atoms with E-state index < -0.39 is 0 Å². The number of aryl methyl sites for hydroxylation is 2. The first kappa shape index (κ1) is 19.7. The molecule has 1 heterocycles. The van der Waals surface area contributed by atoms with Crippen molar-refractivity contribution in [1.82, 2.24) is 10.5 Å². The van der Waals surface area contributed by atoms with Gasteiger partial charge in [-0.25, -0.2) is 0 Å². The van der Waals surface area contributed by atoms with Gasteiger partial charge in [0.15, 0.2) is 0 Å². The predicted octanol–water partition coefficient (Wildman–Crippen LogP) is 4.15. The normalized spacial score (nSPS) is 10.7. The number of nitrogens with zero attached hydrogens (tertiary/aromatic N) is 1. The van der Waals surface area contributed by atoms with E-state index in [0.717, 1.165) is 41.4 Å². The number of amides is 1. The second kappa shape index (κ2) is 10.4. The van der Waals surface area contributed by atoms with E-state index in [4.69, 9.17) is 20.9 Å². The van der Waals surface area contributed by atoms with Crippen LogP contribution in [-0.2, 0) is 10.5 Å². The van der Waals surface area contributed by atoms with Gasteiger partial charge < -0.3 is 14.6 Å². The van der Waals surface area contributed by atoms with Crippen LogP contribution in [-0.4, -0.2) is 30.0 Å². The highest BCUT2D eigenvalue weighted by atomic mass is 35.5. The zero-order valence-electron chi connectivity index (χ0n) is 14.5. The number of hydrogen-bond acceptors (Lipinski definition) is 5. The molecule has 0 unspecified atom stereocenters. The molecule has 0 aliphatic heterocycles. The Bertz CT molecular complexity index is 654. The standard InChI is InChI=1S/C18H23ClN2O3S/c1-13-17(14(2)24-21-13)11-25-12-18(22)20-9-3-4-10-23-16-7-5-15(19)6-8-16/h5-8H,3-4,9-12H2,1-2H3,(H,20,22). The smallest absolute Gasteiger partial charge is 0.230 e. The Balaban J connectivity index is 1.50. The Hall–Kier alpha value is -1.66. The third-order valence-electron chi connectivity index (χ3n) is 3.64. The van der Waals surface area contributed by atoms with E-state index in [9.17, 15) is 4.79 Å². The average Bonchev–Trinajstić information content (AvgIpc) is 2.91. The molecule has 0 saturated carbocycles. The van der Waals surface area contributed by atoms with Gasteiger partial charge in [0.05, 0.1) is 18.1 Å². The Kier molecular flexibility index (Phi) is 8.15. The van der Waals surface area contributed by atoms with Crippen molar-refractivity contribution in [3.8, 4) is 5.75 Å². The molecule has 1 N–H and O–H groups in total. The molecule has 1 aromatic carbocycles. The molecule has 0 bridgehead atoms. The van der Waals surface area contributed by atoms with E-state index in [1.807, 2.05) is 26.0 Å². The van der Waals surface area contributed by atoms with E-state index >= 15 is 0 Å². The number of unbranched alkanes of at least 4 members (excludes halogenated alkanes) is 1. The van der Waals surface area contributed by atoms with Crippen molar-refractivity contribution in [3.63, 3.8) is 0 Å². The second-order valence-electron chi connectivity index (χ2n) is 5.65. The highest BCUT2D eigenvalue weighted by Gasteiger charge is 2.09. The van der Waals surface area contributed by atoms with Crippen LogP contribution in [0.25, 0.3) is 0 Å². The summed E-state index contributed by atoms with van der Waals surface area (Å²) in [5.74, 6) is 2.86. The van der Waals surface area contributed by atoms with Gasteiger partial charge in [-0.3, -0.25) is 4.79 Å². The Morgan fingerprint density at radius 1 is 1.28 bits per heavy atom. The maximum atomic E-state index is 11.8. The van der Waals surface area contributed by atoms with Gasteiger partial charge >= 0.3 is 0 Å². The molecule has 0 aliphatic rings. The average molecular weight is 383 g/mol. The van der Waals surface area contributed by atoms with Gasteiger partial charge in [0.25, 0.3) is 0 Å². The van der Waals surface area contributed by atoms with Crippen molar-refractivity contribution in [2.75, 3.05) is 18.9 Å². The topological polar surface area (TPSA) is 64.4 Å². The van der Waals surface area contributed by atoms with Gasteiger partial charge in [-0.05, 0) is 51.0 Å². The molecule has 25 heavy (non-hydrogen) atoms. The molecule has 0 radical (unpaired) electrons. The molecular formula is C18H23ClN2O3S. The Morgan fingerprint density at radius 3 is 2.72 bits per heavy atom. The van der Waals surface area contributed by atoms with Gasteiger partial charge in [0.1, 0.15) is 11.5 Å². The lowest BCUT2D eigenvalue weighted by atomic mass is 10.2. The summed E-state index contributed by atoms with van der Waals surface area (Å²) in [5, 5.41) is 7.53. The molecule has 0 aliphatic carbocycles. The number of hydrogen-bond donors (Lipinski definition) is 1. The van der Waals surface area contributed by atoms with Crippen LogP contribution in [0.1, 0.15) is 29.9 Å². The molecule has 136 valence electrons. The molecule has 1 amide bonds. The first-order valence-corrected chi connectivity index (χ1v) is 9.74. The summed E-state index contributed by atoms with van der Waals surface area (Å²) in [6, 6.07) is 7.30.